The number of nitrogens with zero attached hydrogens (tertiary/aromatic N) is 1. The molecule has 0 unspecified atom stereocenters. The average molecular weight is 287 g/mol. The summed E-state index contributed by atoms with van der Waals surface area (Å²) in [6, 6.07) is 6.69. The number of nitrogens with one attached hydrogen (secondary N) is 2. The van der Waals surface area contributed by atoms with Crippen molar-refractivity contribution in [3.05, 3.63) is 29.3 Å². The highest BCUT2D eigenvalue weighted by atomic mass is 16.2. The highest BCUT2D eigenvalue weighted by Gasteiger charge is 2.34. The lowest BCUT2D eigenvalue weighted by molar-refractivity contribution is -0.117. The molecule has 0 aromatic heterocycles. The van der Waals surface area contributed by atoms with E-state index in [0.717, 1.165) is 42.4 Å². The SMILES string of the molecule is Cc1cccc(C)c1NC(=O)CN1C[C@@H]2CCCN[C@@H]2C1. The number of hydrogen-bond acceptors (Lipinski definition) is 3. The summed E-state index contributed by atoms with van der Waals surface area (Å²) in [5.41, 5.74) is 3.22. The van der Waals surface area contributed by atoms with Crippen molar-refractivity contribution in [2.24, 2.45) is 5.92 Å². The summed E-state index contributed by atoms with van der Waals surface area (Å²) in [7, 11) is 0. The number of carbonyl (C=O) groups is 1. The Hall–Kier alpha value is -1.39. The summed E-state index contributed by atoms with van der Waals surface area (Å²) < 4.78 is 0. The largest absolute Gasteiger partial charge is 0.324 e. The van der Waals surface area contributed by atoms with Gasteiger partial charge in [-0.05, 0) is 50.3 Å². The van der Waals surface area contributed by atoms with E-state index in [-0.39, 0.29) is 5.91 Å². The highest BCUT2D eigenvalue weighted by molar-refractivity contribution is 5.93. The zero-order chi connectivity index (χ0) is 14.8. The fourth-order valence-electron chi connectivity index (χ4n) is 3.66. The molecule has 21 heavy (non-hydrogen) atoms. The van der Waals surface area contributed by atoms with Gasteiger partial charge < -0.3 is 10.6 Å². The number of aryl methyl sites for hydroxylation is 2. The molecule has 4 heteroatoms. The molecule has 0 aliphatic carbocycles. The predicted molar refractivity (Wildman–Crippen MR) is 85.5 cm³/mol. The van der Waals surface area contributed by atoms with E-state index >= 15 is 0 Å². The second-order valence-corrected chi connectivity index (χ2v) is 6.47. The number of para-hydroxylation sites is 1. The summed E-state index contributed by atoms with van der Waals surface area (Å²) in [6.07, 6.45) is 2.57. The molecule has 2 saturated heterocycles. The predicted octanol–water partition coefficient (Wildman–Crippen LogP) is 1.93. The van der Waals surface area contributed by atoms with Crippen LogP contribution in [0, 0.1) is 19.8 Å². The van der Waals surface area contributed by atoms with Crippen LogP contribution in [0.5, 0.6) is 0 Å². The van der Waals surface area contributed by atoms with Crippen LogP contribution in [0.4, 0.5) is 5.69 Å². The number of likely N-dealkylation sites (tertiary alicyclic amines) is 1. The Balaban J connectivity index is 1.57. The number of fused-ring (bicyclic) bond motifs is 1. The Kier molecular flexibility index (Phi) is 4.27. The van der Waals surface area contributed by atoms with E-state index < -0.39 is 0 Å². The van der Waals surface area contributed by atoms with Crippen molar-refractivity contribution in [2.75, 3.05) is 31.5 Å². The summed E-state index contributed by atoms with van der Waals surface area (Å²) in [5, 5.41) is 6.66. The maximum absolute atomic E-state index is 12.3. The molecule has 0 radical (unpaired) electrons. The van der Waals surface area contributed by atoms with Crippen LogP contribution in [0.3, 0.4) is 0 Å². The summed E-state index contributed by atoms with van der Waals surface area (Å²) in [6.45, 7) is 7.77. The van der Waals surface area contributed by atoms with Gasteiger partial charge in [0.2, 0.25) is 5.91 Å². The lowest BCUT2D eigenvalue weighted by Crippen LogP contribution is -2.41. The van der Waals surface area contributed by atoms with Crippen molar-refractivity contribution in [1.82, 2.24) is 10.2 Å². The van der Waals surface area contributed by atoms with Gasteiger partial charge in [0.25, 0.3) is 0 Å². The Morgan fingerprint density at radius 3 is 2.81 bits per heavy atom. The molecule has 2 aliphatic rings. The Bertz CT molecular complexity index is 495. The molecule has 2 fully saturated rings. The van der Waals surface area contributed by atoms with Gasteiger partial charge in [-0.25, -0.2) is 0 Å². The minimum atomic E-state index is 0.103. The number of hydrogen-bond donors (Lipinski definition) is 2. The fourth-order valence-corrected chi connectivity index (χ4v) is 3.66. The van der Waals surface area contributed by atoms with Gasteiger partial charge >= 0.3 is 0 Å². The van der Waals surface area contributed by atoms with Crippen LogP contribution in [-0.2, 0) is 4.79 Å². The molecule has 2 N–H and O–H groups in total. The number of benzene rings is 1. The molecule has 1 aromatic carbocycles. The quantitative estimate of drug-likeness (QED) is 0.893. The van der Waals surface area contributed by atoms with Gasteiger partial charge in [-0.2, -0.15) is 0 Å². The standard InChI is InChI=1S/C17H25N3O/c1-12-5-3-6-13(2)17(12)19-16(21)11-20-9-14-7-4-8-18-15(14)10-20/h3,5-6,14-15,18H,4,7-11H2,1-2H3,(H,19,21)/t14-,15+/m0/s1. The second-order valence-electron chi connectivity index (χ2n) is 6.47. The van der Waals surface area contributed by atoms with E-state index in [9.17, 15) is 4.79 Å². The van der Waals surface area contributed by atoms with Crippen LogP contribution in [0.1, 0.15) is 24.0 Å². The Morgan fingerprint density at radius 1 is 1.33 bits per heavy atom. The lowest BCUT2D eigenvalue weighted by atomic mass is 9.94. The molecule has 0 saturated carbocycles. The van der Waals surface area contributed by atoms with E-state index in [1.54, 1.807) is 0 Å². The van der Waals surface area contributed by atoms with E-state index in [2.05, 4.69) is 15.5 Å². The van der Waals surface area contributed by atoms with Gasteiger partial charge in [-0.1, -0.05) is 18.2 Å². The normalized spacial score (nSPS) is 25.6. The summed E-state index contributed by atoms with van der Waals surface area (Å²) in [4.78, 5) is 14.6. The van der Waals surface area contributed by atoms with Crippen LogP contribution >= 0.6 is 0 Å². The molecule has 1 aromatic rings. The smallest absolute Gasteiger partial charge is 0.238 e. The number of amides is 1. The van der Waals surface area contributed by atoms with Gasteiger partial charge in [0.05, 0.1) is 6.54 Å². The van der Waals surface area contributed by atoms with E-state index in [1.807, 2.05) is 32.0 Å². The topological polar surface area (TPSA) is 44.4 Å². The second kappa shape index (κ2) is 6.16. The van der Waals surface area contributed by atoms with Crippen LogP contribution in [0.2, 0.25) is 0 Å². The number of piperidine rings is 1. The first-order chi connectivity index (χ1) is 10.1. The monoisotopic (exact) mass is 287 g/mol. The number of rotatable bonds is 3. The molecule has 1 amide bonds. The third-order valence-corrected chi connectivity index (χ3v) is 4.79. The van der Waals surface area contributed by atoms with Crippen LogP contribution in [-0.4, -0.2) is 43.0 Å². The molecule has 3 rings (SSSR count). The molecule has 2 aliphatic heterocycles. The van der Waals surface area contributed by atoms with E-state index in [0.29, 0.717) is 12.6 Å². The van der Waals surface area contributed by atoms with Crippen molar-refractivity contribution in [2.45, 2.75) is 32.7 Å². The molecule has 0 spiro atoms. The first-order valence-corrected chi connectivity index (χ1v) is 7.95. The van der Waals surface area contributed by atoms with Gasteiger partial charge in [-0.15, -0.1) is 0 Å². The van der Waals surface area contributed by atoms with Crippen molar-refractivity contribution < 1.29 is 4.79 Å². The Labute approximate surface area is 126 Å². The van der Waals surface area contributed by atoms with Crippen molar-refractivity contribution in [1.29, 1.82) is 0 Å². The van der Waals surface area contributed by atoms with Gasteiger partial charge in [0, 0.05) is 24.8 Å². The van der Waals surface area contributed by atoms with Crippen molar-refractivity contribution in [3.8, 4) is 0 Å². The van der Waals surface area contributed by atoms with Crippen LogP contribution in [0.15, 0.2) is 18.2 Å². The summed E-state index contributed by atoms with van der Waals surface area (Å²) >= 11 is 0. The number of carbonyl (C=O) groups excluding carboxylic acids is 1. The number of anilines is 1. The highest BCUT2D eigenvalue weighted by Crippen LogP contribution is 2.25. The molecule has 0 bridgehead atoms. The van der Waals surface area contributed by atoms with E-state index in [4.69, 9.17) is 0 Å². The molecule has 114 valence electrons. The zero-order valence-electron chi connectivity index (χ0n) is 13.0. The maximum Gasteiger partial charge on any atom is 0.238 e. The van der Waals surface area contributed by atoms with Gasteiger partial charge in [0.1, 0.15) is 0 Å². The fraction of sp³-hybridized carbons (Fsp3) is 0.588. The molecular formula is C17H25N3O. The van der Waals surface area contributed by atoms with Crippen molar-refractivity contribution >= 4 is 11.6 Å². The van der Waals surface area contributed by atoms with Gasteiger partial charge in [-0.3, -0.25) is 9.69 Å². The molecule has 4 nitrogen and oxygen atoms in total. The van der Waals surface area contributed by atoms with E-state index in [1.165, 1.54) is 12.8 Å². The summed E-state index contributed by atoms with van der Waals surface area (Å²) in [5.74, 6) is 0.831. The van der Waals surface area contributed by atoms with Crippen LogP contribution in [0.25, 0.3) is 0 Å². The molecular weight excluding hydrogens is 262 g/mol. The Morgan fingerprint density at radius 2 is 2.10 bits per heavy atom. The minimum absolute atomic E-state index is 0.103. The molecule has 2 atom stereocenters. The van der Waals surface area contributed by atoms with Gasteiger partial charge in [0.15, 0.2) is 0 Å². The van der Waals surface area contributed by atoms with Crippen LogP contribution < -0.4 is 10.6 Å². The van der Waals surface area contributed by atoms with Crippen molar-refractivity contribution in [3.63, 3.8) is 0 Å². The molecule has 2 heterocycles. The first kappa shape index (κ1) is 14.5. The zero-order valence-corrected chi connectivity index (χ0v) is 13.0. The lowest BCUT2D eigenvalue weighted by Gasteiger charge is -2.24. The third kappa shape index (κ3) is 3.27. The maximum atomic E-state index is 12.3. The third-order valence-electron chi connectivity index (χ3n) is 4.79. The minimum Gasteiger partial charge on any atom is -0.324 e. The first-order valence-electron chi connectivity index (χ1n) is 7.95. The average Bonchev–Trinajstić information content (AvgIpc) is 2.85.